The Bertz CT molecular complexity index is 395. The predicted octanol–water partition coefficient (Wildman–Crippen LogP) is 2.16. The predicted molar refractivity (Wildman–Crippen MR) is 58.1 cm³/mol. The molecule has 84 valence electrons. The lowest BCUT2D eigenvalue weighted by atomic mass is 10.2. The van der Waals surface area contributed by atoms with Gasteiger partial charge in [0.05, 0.1) is 19.8 Å². The first-order valence-electron chi connectivity index (χ1n) is 4.96. The molecule has 1 rings (SSSR count). The number of nitriles is 1. The average molecular weight is 219 g/mol. The van der Waals surface area contributed by atoms with Crippen molar-refractivity contribution >= 4 is 5.97 Å². The molecule has 1 aromatic rings. The van der Waals surface area contributed by atoms with Crippen LogP contribution in [0.2, 0.25) is 0 Å². The summed E-state index contributed by atoms with van der Waals surface area (Å²) in [5.41, 5.74) is 0.405. The van der Waals surface area contributed by atoms with E-state index >= 15 is 0 Å². The molecule has 0 saturated heterocycles. The summed E-state index contributed by atoms with van der Waals surface area (Å²) in [5.74, 6) is 0.0724. The normalized spacial score (nSPS) is 9.25. The zero-order valence-corrected chi connectivity index (χ0v) is 9.10. The molecular formula is C12H13NO3. The molecule has 0 aliphatic carbocycles. The van der Waals surface area contributed by atoms with Crippen LogP contribution < -0.4 is 4.74 Å². The number of rotatable bonds is 5. The van der Waals surface area contributed by atoms with Crippen LogP contribution in [0.15, 0.2) is 24.3 Å². The highest BCUT2D eigenvalue weighted by molar-refractivity contribution is 5.92. The van der Waals surface area contributed by atoms with Crippen LogP contribution >= 0.6 is 0 Å². The number of unbranched alkanes of at least 4 members (excludes halogenated alkanes) is 1. The van der Waals surface area contributed by atoms with Crippen molar-refractivity contribution in [3.63, 3.8) is 0 Å². The number of carbonyl (C=O) groups is 1. The first-order chi connectivity index (χ1) is 7.79. The summed E-state index contributed by atoms with van der Waals surface area (Å²) in [6.45, 7) is 0.418. The number of para-hydroxylation sites is 1. The van der Waals surface area contributed by atoms with Gasteiger partial charge in [0.2, 0.25) is 0 Å². The Morgan fingerprint density at radius 3 is 2.88 bits per heavy atom. The Kier molecular flexibility index (Phi) is 4.87. The van der Waals surface area contributed by atoms with Crippen molar-refractivity contribution in [1.82, 2.24) is 0 Å². The molecule has 4 nitrogen and oxygen atoms in total. The molecule has 0 amide bonds. The molecule has 0 fully saturated rings. The maximum atomic E-state index is 11.4. The van der Waals surface area contributed by atoms with Gasteiger partial charge >= 0.3 is 5.97 Å². The molecule has 1 aromatic carbocycles. The second-order valence-electron chi connectivity index (χ2n) is 3.10. The highest BCUT2D eigenvalue weighted by atomic mass is 16.5. The van der Waals surface area contributed by atoms with Gasteiger partial charge in [-0.3, -0.25) is 0 Å². The van der Waals surface area contributed by atoms with E-state index in [9.17, 15) is 4.79 Å². The van der Waals surface area contributed by atoms with Gasteiger partial charge in [-0.2, -0.15) is 5.26 Å². The quantitative estimate of drug-likeness (QED) is 0.562. The van der Waals surface area contributed by atoms with Crippen LogP contribution in [0, 0.1) is 11.3 Å². The van der Waals surface area contributed by atoms with Crippen molar-refractivity contribution in [1.29, 1.82) is 5.26 Å². The van der Waals surface area contributed by atoms with E-state index < -0.39 is 5.97 Å². The minimum absolute atomic E-state index is 0.405. The van der Waals surface area contributed by atoms with Gasteiger partial charge in [-0.05, 0) is 18.6 Å². The largest absolute Gasteiger partial charge is 0.493 e. The minimum Gasteiger partial charge on any atom is -0.493 e. The van der Waals surface area contributed by atoms with E-state index in [1.54, 1.807) is 24.3 Å². The van der Waals surface area contributed by atoms with Crippen molar-refractivity contribution in [2.45, 2.75) is 12.8 Å². The van der Waals surface area contributed by atoms with Crippen molar-refractivity contribution in [2.75, 3.05) is 13.7 Å². The molecule has 4 heteroatoms. The Morgan fingerprint density at radius 1 is 1.44 bits per heavy atom. The fourth-order valence-corrected chi connectivity index (χ4v) is 1.20. The van der Waals surface area contributed by atoms with Gasteiger partial charge in [0.25, 0.3) is 0 Å². The number of methoxy groups -OCH3 is 1. The van der Waals surface area contributed by atoms with E-state index in [1.165, 1.54) is 7.11 Å². The van der Waals surface area contributed by atoms with Gasteiger partial charge in [-0.15, -0.1) is 0 Å². The number of hydrogen-bond donors (Lipinski definition) is 0. The molecular weight excluding hydrogens is 206 g/mol. The SMILES string of the molecule is COC(=O)c1ccccc1OCCCC#N. The fraction of sp³-hybridized carbons (Fsp3) is 0.333. The summed E-state index contributed by atoms with van der Waals surface area (Å²) in [6, 6.07) is 8.91. The van der Waals surface area contributed by atoms with Crippen LogP contribution in [-0.4, -0.2) is 19.7 Å². The second-order valence-corrected chi connectivity index (χ2v) is 3.10. The Morgan fingerprint density at radius 2 is 2.19 bits per heavy atom. The average Bonchev–Trinajstić information content (AvgIpc) is 2.34. The lowest BCUT2D eigenvalue weighted by Crippen LogP contribution is -2.06. The van der Waals surface area contributed by atoms with E-state index in [2.05, 4.69) is 4.74 Å². The number of hydrogen-bond acceptors (Lipinski definition) is 4. The minimum atomic E-state index is -0.420. The third-order valence-electron chi connectivity index (χ3n) is 1.98. The highest BCUT2D eigenvalue weighted by Crippen LogP contribution is 2.18. The molecule has 0 radical (unpaired) electrons. The van der Waals surface area contributed by atoms with Crippen molar-refractivity contribution in [3.05, 3.63) is 29.8 Å². The number of esters is 1. The van der Waals surface area contributed by atoms with Crippen LogP contribution in [0.5, 0.6) is 5.75 Å². The number of carbonyl (C=O) groups excluding carboxylic acids is 1. The monoisotopic (exact) mass is 219 g/mol. The molecule has 0 saturated carbocycles. The summed E-state index contributed by atoms with van der Waals surface area (Å²) < 4.78 is 10.0. The van der Waals surface area contributed by atoms with Gasteiger partial charge < -0.3 is 9.47 Å². The van der Waals surface area contributed by atoms with Gasteiger partial charge in [-0.1, -0.05) is 12.1 Å². The lowest BCUT2D eigenvalue weighted by Gasteiger charge is -2.08. The van der Waals surface area contributed by atoms with E-state index in [0.29, 0.717) is 30.8 Å². The summed E-state index contributed by atoms with van der Waals surface area (Å²) in [7, 11) is 1.33. The summed E-state index contributed by atoms with van der Waals surface area (Å²) in [4.78, 5) is 11.4. The standard InChI is InChI=1S/C12H13NO3/c1-15-12(14)10-6-2-3-7-11(10)16-9-5-4-8-13/h2-3,6-7H,4-5,9H2,1H3. The topological polar surface area (TPSA) is 59.3 Å². The molecule has 0 atom stereocenters. The summed E-state index contributed by atoms with van der Waals surface area (Å²) in [5, 5.41) is 8.36. The number of benzene rings is 1. The maximum Gasteiger partial charge on any atom is 0.341 e. The first-order valence-corrected chi connectivity index (χ1v) is 4.96. The molecule has 0 heterocycles. The first kappa shape index (κ1) is 12.1. The third kappa shape index (κ3) is 3.28. The molecule has 0 aromatic heterocycles. The highest BCUT2D eigenvalue weighted by Gasteiger charge is 2.11. The van der Waals surface area contributed by atoms with Crippen molar-refractivity contribution in [2.24, 2.45) is 0 Å². The lowest BCUT2D eigenvalue weighted by molar-refractivity contribution is 0.0596. The van der Waals surface area contributed by atoms with Crippen LogP contribution in [-0.2, 0) is 4.74 Å². The molecule has 0 N–H and O–H groups in total. The zero-order valence-electron chi connectivity index (χ0n) is 9.10. The maximum absolute atomic E-state index is 11.4. The number of ether oxygens (including phenoxy) is 2. The summed E-state index contributed by atoms with van der Waals surface area (Å²) in [6.07, 6.45) is 1.09. The summed E-state index contributed by atoms with van der Waals surface area (Å²) >= 11 is 0. The molecule has 0 spiro atoms. The third-order valence-corrected chi connectivity index (χ3v) is 1.98. The van der Waals surface area contributed by atoms with E-state index in [1.807, 2.05) is 6.07 Å². The van der Waals surface area contributed by atoms with Crippen molar-refractivity contribution in [3.8, 4) is 11.8 Å². The fourth-order valence-electron chi connectivity index (χ4n) is 1.20. The Labute approximate surface area is 94.4 Å². The van der Waals surface area contributed by atoms with Gasteiger partial charge in [0.1, 0.15) is 11.3 Å². The molecule has 0 unspecified atom stereocenters. The second kappa shape index (κ2) is 6.46. The zero-order chi connectivity index (χ0) is 11.8. The van der Waals surface area contributed by atoms with E-state index in [-0.39, 0.29) is 0 Å². The smallest absolute Gasteiger partial charge is 0.341 e. The molecule has 0 bridgehead atoms. The van der Waals surface area contributed by atoms with Gasteiger partial charge in [-0.25, -0.2) is 4.79 Å². The van der Waals surface area contributed by atoms with Gasteiger partial charge in [0.15, 0.2) is 0 Å². The molecule has 16 heavy (non-hydrogen) atoms. The Hall–Kier alpha value is -2.02. The van der Waals surface area contributed by atoms with E-state index in [0.717, 1.165) is 0 Å². The molecule has 0 aliphatic rings. The van der Waals surface area contributed by atoms with Crippen LogP contribution in [0.25, 0.3) is 0 Å². The molecule has 0 aliphatic heterocycles. The van der Waals surface area contributed by atoms with Crippen molar-refractivity contribution < 1.29 is 14.3 Å². The van der Waals surface area contributed by atoms with Crippen LogP contribution in [0.4, 0.5) is 0 Å². The van der Waals surface area contributed by atoms with Crippen LogP contribution in [0.1, 0.15) is 23.2 Å². The van der Waals surface area contributed by atoms with E-state index in [4.69, 9.17) is 10.00 Å². The van der Waals surface area contributed by atoms with Gasteiger partial charge in [0, 0.05) is 6.42 Å². The Balaban J connectivity index is 2.65. The van der Waals surface area contributed by atoms with Crippen LogP contribution in [0.3, 0.4) is 0 Å². The number of nitrogens with zero attached hydrogens (tertiary/aromatic N) is 1.